The number of benzene rings is 2. The Balaban J connectivity index is 1.34. The highest BCUT2D eigenvalue weighted by Crippen LogP contribution is 2.19. The smallest absolute Gasteiger partial charge is 0.257 e. The van der Waals surface area contributed by atoms with Crippen LogP contribution in [-0.2, 0) is 6.42 Å². The van der Waals surface area contributed by atoms with E-state index in [1.54, 1.807) is 12.3 Å². The zero-order chi connectivity index (χ0) is 20.2. The summed E-state index contributed by atoms with van der Waals surface area (Å²) >= 11 is 0. The molecular weight excluding hydrogens is 360 g/mol. The van der Waals surface area contributed by atoms with Gasteiger partial charge in [0, 0.05) is 35.5 Å². The summed E-state index contributed by atoms with van der Waals surface area (Å²) < 4.78 is 0. The molecule has 0 radical (unpaired) electrons. The first kappa shape index (κ1) is 18.7. The number of aromatic amines is 1. The fourth-order valence-corrected chi connectivity index (χ4v) is 3.44. The summed E-state index contributed by atoms with van der Waals surface area (Å²) in [5.74, 6) is 0.600. The van der Waals surface area contributed by atoms with Crippen LogP contribution in [0.3, 0.4) is 0 Å². The van der Waals surface area contributed by atoms with E-state index in [1.807, 2.05) is 38.1 Å². The molecule has 0 saturated carbocycles. The number of fused-ring (bicyclic) bond motifs is 1. The molecule has 29 heavy (non-hydrogen) atoms. The third kappa shape index (κ3) is 4.29. The second-order valence-electron chi connectivity index (χ2n) is 7.24. The van der Waals surface area contributed by atoms with Crippen molar-refractivity contribution in [2.24, 2.45) is 0 Å². The molecule has 0 saturated heterocycles. The number of para-hydroxylation sites is 1. The zero-order valence-electron chi connectivity index (χ0n) is 16.6. The van der Waals surface area contributed by atoms with E-state index in [-0.39, 0.29) is 5.91 Å². The van der Waals surface area contributed by atoms with Crippen molar-refractivity contribution in [2.45, 2.75) is 20.3 Å². The van der Waals surface area contributed by atoms with Crippen molar-refractivity contribution in [3.8, 4) is 0 Å². The number of aromatic nitrogens is 2. The van der Waals surface area contributed by atoms with Gasteiger partial charge in [-0.15, -0.1) is 0 Å². The van der Waals surface area contributed by atoms with Gasteiger partial charge in [-0.05, 0) is 55.7 Å². The molecule has 2 heterocycles. The molecule has 0 bridgehead atoms. The maximum absolute atomic E-state index is 12.5. The molecule has 4 rings (SSSR count). The topological polar surface area (TPSA) is 69.8 Å². The van der Waals surface area contributed by atoms with Crippen LogP contribution in [0.5, 0.6) is 0 Å². The number of nitrogens with one attached hydrogen (secondary N) is 3. The highest BCUT2D eigenvalue weighted by Gasteiger charge is 2.09. The molecule has 5 heteroatoms. The van der Waals surface area contributed by atoms with Crippen molar-refractivity contribution in [2.75, 3.05) is 17.2 Å². The third-order valence-electron chi connectivity index (χ3n) is 5.03. The van der Waals surface area contributed by atoms with Gasteiger partial charge in [-0.3, -0.25) is 4.79 Å². The van der Waals surface area contributed by atoms with Crippen molar-refractivity contribution in [3.63, 3.8) is 0 Å². The minimum Gasteiger partial charge on any atom is -0.370 e. The Morgan fingerprint density at radius 3 is 2.72 bits per heavy atom. The molecule has 5 nitrogen and oxygen atoms in total. The molecule has 0 aliphatic heterocycles. The van der Waals surface area contributed by atoms with Crippen molar-refractivity contribution < 1.29 is 4.79 Å². The molecule has 0 atom stereocenters. The first-order valence-corrected chi connectivity index (χ1v) is 9.74. The van der Waals surface area contributed by atoms with Crippen LogP contribution in [0.1, 0.15) is 27.0 Å². The van der Waals surface area contributed by atoms with Crippen LogP contribution in [0, 0.1) is 13.8 Å². The van der Waals surface area contributed by atoms with Crippen molar-refractivity contribution >= 4 is 28.3 Å². The monoisotopic (exact) mass is 384 g/mol. The fourth-order valence-electron chi connectivity index (χ4n) is 3.44. The molecule has 0 aliphatic carbocycles. The zero-order valence-corrected chi connectivity index (χ0v) is 16.6. The summed E-state index contributed by atoms with van der Waals surface area (Å²) in [6, 6.07) is 17.9. The van der Waals surface area contributed by atoms with Crippen LogP contribution in [0.4, 0.5) is 11.5 Å². The van der Waals surface area contributed by atoms with E-state index >= 15 is 0 Å². The van der Waals surface area contributed by atoms with Gasteiger partial charge in [-0.2, -0.15) is 0 Å². The number of H-pyrrole nitrogens is 1. The lowest BCUT2D eigenvalue weighted by Gasteiger charge is -2.10. The van der Waals surface area contributed by atoms with E-state index in [0.29, 0.717) is 5.56 Å². The summed E-state index contributed by atoms with van der Waals surface area (Å²) in [6.07, 6.45) is 4.55. The van der Waals surface area contributed by atoms with E-state index in [2.05, 4.69) is 51.1 Å². The molecule has 1 amide bonds. The minimum absolute atomic E-state index is 0.158. The normalized spacial score (nSPS) is 10.8. The second-order valence-corrected chi connectivity index (χ2v) is 7.24. The number of carbonyl (C=O) groups excluding carboxylic acids is 1. The van der Waals surface area contributed by atoms with E-state index in [9.17, 15) is 4.79 Å². The van der Waals surface area contributed by atoms with Gasteiger partial charge in [0.15, 0.2) is 0 Å². The Labute approximate surface area is 170 Å². The van der Waals surface area contributed by atoms with Gasteiger partial charge in [0.1, 0.15) is 5.82 Å². The van der Waals surface area contributed by atoms with Gasteiger partial charge in [-0.25, -0.2) is 4.98 Å². The van der Waals surface area contributed by atoms with Gasteiger partial charge in [0.2, 0.25) is 0 Å². The number of rotatable bonds is 6. The van der Waals surface area contributed by atoms with Crippen LogP contribution in [-0.4, -0.2) is 22.4 Å². The predicted octanol–water partition coefficient (Wildman–Crippen LogP) is 5.09. The van der Waals surface area contributed by atoms with Gasteiger partial charge in [0.25, 0.3) is 5.91 Å². The molecule has 4 aromatic rings. The number of aryl methyl sites for hydroxylation is 2. The average Bonchev–Trinajstić information content (AvgIpc) is 3.14. The van der Waals surface area contributed by atoms with Crippen LogP contribution in [0.25, 0.3) is 10.9 Å². The SMILES string of the molecule is Cc1ccc(NC(=O)c2ccc(NCCc3c[nH]c4ccccc34)nc2)c(C)c1. The molecule has 2 aromatic carbocycles. The summed E-state index contributed by atoms with van der Waals surface area (Å²) in [6.45, 7) is 4.79. The Hall–Kier alpha value is -3.60. The van der Waals surface area contributed by atoms with Crippen LogP contribution >= 0.6 is 0 Å². The van der Waals surface area contributed by atoms with Gasteiger partial charge in [-0.1, -0.05) is 35.9 Å². The van der Waals surface area contributed by atoms with Crippen molar-refractivity contribution in [3.05, 3.63) is 89.2 Å². The lowest BCUT2D eigenvalue weighted by atomic mass is 10.1. The number of anilines is 2. The van der Waals surface area contributed by atoms with E-state index in [0.717, 1.165) is 35.6 Å². The highest BCUT2D eigenvalue weighted by atomic mass is 16.1. The number of carbonyl (C=O) groups is 1. The quantitative estimate of drug-likeness (QED) is 0.434. The Bertz CT molecular complexity index is 1150. The van der Waals surface area contributed by atoms with Gasteiger partial charge in [0.05, 0.1) is 5.56 Å². The molecule has 146 valence electrons. The lowest BCUT2D eigenvalue weighted by molar-refractivity contribution is 0.102. The van der Waals surface area contributed by atoms with E-state index < -0.39 is 0 Å². The maximum atomic E-state index is 12.5. The van der Waals surface area contributed by atoms with Crippen molar-refractivity contribution in [1.29, 1.82) is 0 Å². The molecule has 0 fully saturated rings. The van der Waals surface area contributed by atoms with Gasteiger partial charge >= 0.3 is 0 Å². The predicted molar refractivity (Wildman–Crippen MR) is 119 cm³/mol. The van der Waals surface area contributed by atoms with E-state index in [4.69, 9.17) is 0 Å². The van der Waals surface area contributed by atoms with Gasteiger partial charge < -0.3 is 15.6 Å². The lowest BCUT2D eigenvalue weighted by Crippen LogP contribution is -2.13. The molecular formula is C24H24N4O. The van der Waals surface area contributed by atoms with Crippen LogP contribution in [0.2, 0.25) is 0 Å². The molecule has 3 N–H and O–H groups in total. The highest BCUT2D eigenvalue weighted by molar-refractivity contribution is 6.04. The number of pyridine rings is 1. The standard InChI is InChI=1S/C24H24N4O/c1-16-7-9-21(17(2)13-16)28-24(29)19-8-10-23(27-15-19)25-12-11-18-14-26-22-6-4-3-5-20(18)22/h3-10,13-15,26H,11-12H2,1-2H3,(H,25,27)(H,28,29). The van der Waals surface area contributed by atoms with Crippen LogP contribution < -0.4 is 10.6 Å². The van der Waals surface area contributed by atoms with Crippen LogP contribution in [0.15, 0.2) is 67.0 Å². The molecule has 0 aliphatic rings. The fraction of sp³-hybridized carbons (Fsp3) is 0.167. The average molecular weight is 384 g/mol. The Kier molecular flexibility index (Phi) is 5.29. The first-order chi connectivity index (χ1) is 14.1. The number of hydrogen-bond donors (Lipinski definition) is 3. The second kappa shape index (κ2) is 8.19. The molecule has 0 spiro atoms. The first-order valence-electron chi connectivity index (χ1n) is 9.74. The molecule has 2 aromatic heterocycles. The summed E-state index contributed by atoms with van der Waals surface area (Å²) in [7, 11) is 0. The van der Waals surface area contributed by atoms with E-state index in [1.165, 1.54) is 16.5 Å². The third-order valence-corrected chi connectivity index (χ3v) is 5.03. The maximum Gasteiger partial charge on any atom is 0.257 e. The summed E-state index contributed by atoms with van der Waals surface area (Å²) in [4.78, 5) is 20.2. The summed E-state index contributed by atoms with van der Waals surface area (Å²) in [5, 5.41) is 7.52. The summed E-state index contributed by atoms with van der Waals surface area (Å²) in [5.41, 5.74) is 6.00. The Morgan fingerprint density at radius 1 is 1.07 bits per heavy atom. The minimum atomic E-state index is -0.158. The number of hydrogen-bond acceptors (Lipinski definition) is 3. The number of amides is 1. The van der Waals surface area contributed by atoms with Crippen molar-refractivity contribution in [1.82, 2.24) is 9.97 Å². The number of nitrogens with zero attached hydrogens (tertiary/aromatic N) is 1. The largest absolute Gasteiger partial charge is 0.370 e. The Morgan fingerprint density at radius 2 is 1.93 bits per heavy atom. The molecule has 0 unspecified atom stereocenters.